The highest BCUT2D eigenvalue weighted by Crippen LogP contribution is 2.16. The molecule has 0 aromatic heterocycles. The molecule has 0 unspecified atom stereocenters. The van der Waals surface area contributed by atoms with Gasteiger partial charge in [0.05, 0.1) is 16.3 Å². The van der Waals surface area contributed by atoms with E-state index in [0.717, 1.165) is 5.01 Å². The van der Waals surface area contributed by atoms with Crippen molar-refractivity contribution in [2.75, 3.05) is 0 Å². The van der Waals surface area contributed by atoms with Gasteiger partial charge >= 0.3 is 0 Å². The molecule has 0 bridgehead atoms. The van der Waals surface area contributed by atoms with Gasteiger partial charge in [-0.1, -0.05) is 6.08 Å². The normalized spacial score (nSPS) is 15.5. The Morgan fingerprint density at radius 1 is 1.56 bits per heavy atom. The van der Waals surface area contributed by atoms with Gasteiger partial charge in [0.1, 0.15) is 0 Å². The van der Waals surface area contributed by atoms with Crippen molar-refractivity contribution in [3.63, 3.8) is 0 Å². The molecule has 1 aliphatic rings. The summed E-state index contributed by atoms with van der Waals surface area (Å²) in [6.45, 7) is 1.28. The molecule has 4 N–H and O–H groups in total. The summed E-state index contributed by atoms with van der Waals surface area (Å²) in [6.07, 6.45) is 4.43. The van der Waals surface area contributed by atoms with Gasteiger partial charge in [0, 0.05) is 13.0 Å². The van der Waals surface area contributed by atoms with Gasteiger partial charge in [0.25, 0.3) is 5.70 Å². The number of hydrazine groups is 1. The minimum atomic E-state index is -0.543. The lowest BCUT2D eigenvalue weighted by atomic mass is 10.2. The molecule has 7 heteroatoms. The average molecular weight is 224 g/mol. The van der Waals surface area contributed by atoms with E-state index in [1.165, 1.54) is 19.1 Å². The molecule has 1 amide bonds. The Kier molecular flexibility index (Phi) is 3.41. The van der Waals surface area contributed by atoms with Crippen LogP contribution in [-0.2, 0) is 4.79 Å². The topological polar surface area (TPSA) is 115 Å². The highest BCUT2D eigenvalue weighted by atomic mass is 16.6. The second-order valence-electron chi connectivity index (χ2n) is 3.20. The lowest BCUT2D eigenvalue weighted by Crippen LogP contribution is -2.36. The highest BCUT2D eigenvalue weighted by molar-refractivity contribution is 5.75. The Balaban J connectivity index is 3.03. The van der Waals surface area contributed by atoms with Gasteiger partial charge in [-0.2, -0.15) is 0 Å². The first-order valence-corrected chi connectivity index (χ1v) is 4.51. The summed E-state index contributed by atoms with van der Waals surface area (Å²) in [5, 5.41) is 11.4. The van der Waals surface area contributed by atoms with Crippen molar-refractivity contribution in [2.24, 2.45) is 11.6 Å². The van der Waals surface area contributed by atoms with Crippen LogP contribution in [-0.4, -0.2) is 15.8 Å². The van der Waals surface area contributed by atoms with Crippen LogP contribution >= 0.6 is 0 Å². The number of nitrogens with two attached hydrogens (primary N) is 2. The van der Waals surface area contributed by atoms with Gasteiger partial charge in [0.2, 0.25) is 5.91 Å². The Hall–Kier alpha value is -2.15. The molecule has 0 fully saturated rings. The zero-order valence-electron chi connectivity index (χ0n) is 8.71. The van der Waals surface area contributed by atoms with Crippen LogP contribution in [0.5, 0.6) is 0 Å². The Morgan fingerprint density at radius 3 is 2.69 bits per heavy atom. The molecule has 7 nitrogen and oxygen atoms in total. The number of carbonyl (C=O) groups excluding carboxylic acids is 1. The van der Waals surface area contributed by atoms with Crippen molar-refractivity contribution in [1.29, 1.82) is 0 Å². The minimum absolute atomic E-state index is 0.0955. The summed E-state index contributed by atoms with van der Waals surface area (Å²) < 4.78 is 0. The zero-order chi connectivity index (χ0) is 12.3. The third kappa shape index (κ3) is 2.45. The maximum atomic E-state index is 11.0. The standard InChI is InChI=1S/C9H12N4O3/c1-6(14)12(11)9-4-2-3-7(13(15)16)5-8(9)10/h3-5H,2,10-11H2,1H3. The maximum Gasteiger partial charge on any atom is 0.267 e. The molecule has 0 saturated heterocycles. The molecule has 86 valence electrons. The number of carbonyl (C=O) groups is 1. The van der Waals surface area contributed by atoms with E-state index < -0.39 is 10.8 Å². The molecule has 1 rings (SSSR count). The SMILES string of the molecule is CC(=O)N(N)C1=CCC=C([N+](=O)[O-])C=C1N. The molecule has 0 heterocycles. The molecule has 0 aliphatic heterocycles. The average Bonchev–Trinajstić information content (AvgIpc) is 2.38. The van der Waals surface area contributed by atoms with Crippen molar-refractivity contribution >= 4 is 5.91 Å². The van der Waals surface area contributed by atoms with E-state index in [0.29, 0.717) is 6.42 Å². The fraction of sp³-hybridized carbons (Fsp3) is 0.222. The van der Waals surface area contributed by atoms with Crippen molar-refractivity contribution in [3.8, 4) is 0 Å². The van der Waals surface area contributed by atoms with Gasteiger partial charge in [0.15, 0.2) is 0 Å². The number of hydrogen-bond acceptors (Lipinski definition) is 5. The number of hydrogen-bond donors (Lipinski definition) is 2. The maximum absolute atomic E-state index is 11.0. The Labute approximate surface area is 91.8 Å². The van der Waals surface area contributed by atoms with Crippen LogP contribution in [0.25, 0.3) is 0 Å². The molecule has 0 spiro atoms. The summed E-state index contributed by atoms with van der Waals surface area (Å²) in [5.74, 6) is 5.08. The van der Waals surface area contributed by atoms with Gasteiger partial charge < -0.3 is 5.73 Å². The smallest absolute Gasteiger partial charge is 0.267 e. The van der Waals surface area contributed by atoms with Gasteiger partial charge in [-0.05, 0) is 12.5 Å². The number of nitro groups is 1. The van der Waals surface area contributed by atoms with E-state index in [1.807, 2.05) is 0 Å². The van der Waals surface area contributed by atoms with Crippen LogP contribution in [0, 0.1) is 10.1 Å². The molecule has 0 saturated carbocycles. The minimum Gasteiger partial charge on any atom is -0.397 e. The molecule has 0 atom stereocenters. The fourth-order valence-corrected chi connectivity index (χ4v) is 1.24. The van der Waals surface area contributed by atoms with E-state index in [4.69, 9.17) is 11.6 Å². The second-order valence-corrected chi connectivity index (χ2v) is 3.20. The third-order valence-electron chi connectivity index (χ3n) is 2.05. The number of amides is 1. The molecular weight excluding hydrogens is 212 g/mol. The molecular formula is C9H12N4O3. The number of allylic oxidation sites excluding steroid dienone is 3. The molecule has 0 aromatic rings. The molecule has 1 aliphatic carbocycles. The highest BCUT2D eigenvalue weighted by Gasteiger charge is 2.17. The van der Waals surface area contributed by atoms with Gasteiger partial charge in [-0.25, -0.2) is 10.9 Å². The molecule has 0 radical (unpaired) electrons. The van der Waals surface area contributed by atoms with Crippen molar-refractivity contribution in [1.82, 2.24) is 5.01 Å². The first-order chi connectivity index (χ1) is 7.43. The Morgan fingerprint density at radius 2 is 2.19 bits per heavy atom. The fourth-order valence-electron chi connectivity index (χ4n) is 1.24. The van der Waals surface area contributed by atoms with Gasteiger partial charge in [-0.15, -0.1) is 0 Å². The zero-order valence-corrected chi connectivity index (χ0v) is 8.71. The first kappa shape index (κ1) is 11.9. The van der Waals surface area contributed by atoms with Gasteiger partial charge in [-0.3, -0.25) is 14.9 Å². The third-order valence-corrected chi connectivity index (χ3v) is 2.05. The van der Waals surface area contributed by atoms with Crippen molar-refractivity contribution < 1.29 is 9.72 Å². The van der Waals surface area contributed by atoms with E-state index in [-0.39, 0.29) is 17.1 Å². The first-order valence-electron chi connectivity index (χ1n) is 4.51. The monoisotopic (exact) mass is 224 g/mol. The van der Waals surface area contributed by atoms with Crippen LogP contribution in [0.1, 0.15) is 13.3 Å². The lowest BCUT2D eigenvalue weighted by molar-refractivity contribution is -0.419. The summed E-state index contributed by atoms with van der Waals surface area (Å²) in [6, 6.07) is 0. The van der Waals surface area contributed by atoms with Crippen molar-refractivity contribution in [3.05, 3.63) is 45.4 Å². The van der Waals surface area contributed by atoms with Crippen LogP contribution in [0.15, 0.2) is 35.3 Å². The van der Waals surface area contributed by atoms with Crippen LogP contribution in [0.2, 0.25) is 0 Å². The predicted molar refractivity (Wildman–Crippen MR) is 56.8 cm³/mol. The largest absolute Gasteiger partial charge is 0.397 e. The van der Waals surface area contributed by atoms with E-state index >= 15 is 0 Å². The van der Waals surface area contributed by atoms with E-state index in [2.05, 4.69) is 0 Å². The second kappa shape index (κ2) is 4.58. The number of nitrogens with zero attached hydrogens (tertiary/aromatic N) is 2. The van der Waals surface area contributed by atoms with Crippen LogP contribution in [0.4, 0.5) is 0 Å². The van der Waals surface area contributed by atoms with Crippen LogP contribution in [0.3, 0.4) is 0 Å². The van der Waals surface area contributed by atoms with Crippen LogP contribution < -0.4 is 11.6 Å². The Bertz CT molecular complexity index is 422. The summed E-state index contributed by atoms with van der Waals surface area (Å²) in [5.41, 5.74) is 5.88. The van der Waals surface area contributed by atoms with E-state index in [9.17, 15) is 14.9 Å². The summed E-state index contributed by atoms with van der Waals surface area (Å²) in [7, 11) is 0. The quantitative estimate of drug-likeness (QED) is 0.296. The molecule has 0 aromatic carbocycles. The van der Waals surface area contributed by atoms with Crippen molar-refractivity contribution in [2.45, 2.75) is 13.3 Å². The summed E-state index contributed by atoms with van der Waals surface area (Å²) in [4.78, 5) is 21.1. The molecule has 16 heavy (non-hydrogen) atoms. The number of rotatable bonds is 2. The predicted octanol–water partition coefficient (Wildman–Crippen LogP) is -0.000600. The summed E-state index contributed by atoms with van der Waals surface area (Å²) >= 11 is 0. The van der Waals surface area contributed by atoms with E-state index in [1.54, 1.807) is 6.08 Å². The lowest BCUT2D eigenvalue weighted by Gasteiger charge is -2.17.